The standard InChI is InChI=1S/C24H23N5OS/c30-23(26-13-17-9-11-18(12-10-17)14-29-16-25-15-27-29)19-5-1-2-6-20(19)24-28-21-7-3-4-8-22(21)31-24/h1-4,7-12,15-16,19-20H,5-6,13-14H2,(H,26,30). The summed E-state index contributed by atoms with van der Waals surface area (Å²) >= 11 is 1.71. The molecule has 0 spiro atoms. The van der Waals surface area contributed by atoms with Gasteiger partial charge in [-0.1, -0.05) is 48.6 Å². The number of carbonyl (C=O) groups excluding carboxylic acids is 1. The molecule has 4 aromatic rings. The summed E-state index contributed by atoms with van der Waals surface area (Å²) in [7, 11) is 0. The third-order valence-electron chi connectivity index (χ3n) is 5.70. The van der Waals surface area contributed by atoms with Crippen molar-refractivity contribution >= 4 is 27.5 Å². The Hall–Kier alpha value is -3.32. The smallest absolute Gasteiger partial charge is 0.224 e. The van der Waals surface area contributed by atoms with Gasteiger partial charge in [-0.25, -0.2) is 14.6 Å². The maximum Gasteiger partial charge on any atom is 0.224 e. The number of para-hydroxylation sites is 1. The topological polar surface area (TPSA) is 72.7 Å². The van der Waals surface area contributed by atoms with Crippen molar-refractivity contribution in [3.8, 4) is 0 Å². The van der Waals surface area contributed by atoms with E-state index in [0.717, 1.165) is 34.5 Å². The Morgan fingerprint density at radius 2 is 1.87 bits per heavy atom. The van der Waals surface area contributed by atoms with E-state index < -0.39 is 0 Å². The number of benzene rings is 2. The lowest BCUT2D eigenvalue weighted by atomic mass is 9.82. The largest absolute Gasteiger partial charge is 0.352 e. The number of nitrogens with zero attached hydrogens (tertiary/aromatic N) is 4. The van der Waals surface area contributed by atoms with Gasteiger partial charge in [0, 0.05) is 12.5 Å². The van der Waals surface area contributed by atoms with Crippen LogP contribution in [0.1, 0.15) is 34.9 Å². The molecule has 5 rings (SSSR count). The molecular formula is C24H23N5OS. The van der Waals surface area contributed by atoms with Crippen LogP contribution in [0, 0.1) is 5.92 Å². The highest BCUT2D eigenvalue weighted by atomic mass is 32.1. The van der Waals surface area contributed by atoms with Gasteiger partial charge in [-0.05, 0) is 36.1 Å². The van der Waals surface area contributed by atoms with Gasteiger partial charge in [0.25, 0.3) is 0 Å². The number of thiazole rings is 1. The van der Waals surface area contributed by atoms with Crippen LogP contribution in [0.2, 0.25) is 0 Å². The quantitative estimate of drug-likeness (QED) is 0.464. The summed E-state index contributed by atoms with van der Waals surface area (Å²) in [5, 5.41) is 8.33. The second kappa shape index (κ2) is 8.81. The zero-order valence-corrected chi connectivity index (χ0v) is 17.8. The molecule has 0 saturated carbocycles. The fourth-order valence-electron chi connectivity index (χ4n) is 4.01. The number of fused-ring (bicyclic) bond motifs is 1. The molecule has 0 saturated heterocycles. The van der Waals surface area contributed by atoms with Crippen LogP contribution in [0.5, 0.6) is 0 Å². The molecule has 1 N–H and O–H groups in total. The number of amides is 1. The predicted octanol–water partition coefficient (Wildman–Crippen LogP) is 4.30. The number of hydrogen-bond donors (Lipinski definition) is 1. The fraction of sp³-hybridized carbons (Fsp3) is 0.250. The van der Waals surface area contributed by atoms with Gasteiger partial charge in [-0.3, -0.25) is 4.79 Å². The summed E-state index contributed by atoms with van der Waals surface area (Å²) in [6.07, 6.45) is 9.14. The molecule has 7 heteroatoms. The third-order valence-corrected chi connectivity index (χ3v) is 6.87. The number of nitrogens with one attached hydrogen (secondary N) is 1. The molecule has 0 bridgehead atoms. The molecule has 2 aromatic heterocycles. The van der Waals surface area contributed by atoms with Crippen LogP contribution in [0.3, 0.4) is 0 Å². The van der Waals surface area contributed by atoms with Gasteiger partial charge in [0.1, 0.15) is 12.7 Å². The average molecular weight is 430 g/mol. The number of carbonyl (C=O) groups is 1. The molecule has 2 heterocycles. The van der Waals surface area contributed by atoms with E-state index in [-0.39, 0.29) is 17.7 Å². The van der Waals surface area contributed by atoms with Crippen LogP contribution in [0.15, 0.2) is 73.3 Å². The molecule has 1 aliphatic rings. The Morgan fingerprint density at radius 1 is 1.06 bits per heavy atom. The molecule has 1 aliphatic carbocycles. The first-order chi connectivity index (χ1) is 15.3. The van der Waals surface area contributed by atoms with Crippen molar-refractivity contribution in [3.05, 3.63) is 89.5 Å². The van der Waals surface area contributed by atoms with Gasteiger partial charge in [-0.2, -0.15) is 5.10 Å². The Morgan fingerprint density at radius 3 is 2.68 bits per heavy atom. The van der Waals surface area contributed by atoms with Crippen molar-refractivity contribution < 1.29 is 4.79 Å². The van der Waals surface area contributed by atoms with Crippen LogP contribution in [0.4, 0.5) is 0 Å². The molecule has 1 amide bonds. The van der Waals surface area contributed by atoms with E-state index >= 15 is 0 Å². The zero-order valence-electron chi connectivity index (χ0n) is 17.0. The zero-order chi connectivity index (χ0) is 21.0. The van der Waals surface area contributed by atoms with E-state index in [2.05, 4.69) is 57.9 Å². The molecule has 0 aliphatic heterocycles. The van der Waals surface area contributed by atoms with Crippen molar-refractivity contribution in [2.24, 2.45) is 5.92 Å². The number of allylic oxidation sites excluding steroid dienone is 2. The van der Waals surface area contributed by atoms with Gasteiger partial charge < -0.3 is 5.32 Å². The Labute approximate surface area is 184 Å². The summed E-state index contributed by atoms with van der Waals surface area (Å²) < 4.78 is 2.97. The summed E-state index contributed by atoms with van der Waals surface area (Å²) in [4.78, 5) is 21.8. The van der Waals surface area contributed by atoms with E-state index in [4.69, 9.17) is 4.98 Å². The maximum absolute atomic E-state index is 13.1. The highest BCUT2D eigenvalue weighted by Gasteiger charge is 2.32. The first-order valence-corrected chi connectivity index (χ1v) is 11.3. The maximum atomic E-state index is 13.1. The molecule has 2 aromatic carbocycles. The fourth-order valence-corrected chi connectivity index (χ4v) is 5.16. The van der Waals surface area contributed by atoms with E-state index in [1.807, 2.05) is 18.2 Å². The molecule has 0 fully saturated rings. The molecule has 156 valence electrons. The van der Waals surface area contributed by atoms with Crippen molar-refractivity contribution in [1.82, 2.24) is 25.1 Å². The minimum atomic E-state index is -0.0860. The monoisotopic (exact) mass is 429 g/mol. The minimum absolute atomic E-state index is 0.0860. The minimum Gasteiger partial charge on any atom is -0.352 e. The predicted molar refractivity (Wildman–Crippen MR) is 122 cm³/mol. The molecular weight excluding hydrogens is 406 g/mol. The van der Waals surface area contributed by atoms with E-state index in [1.54, 1.807) is 22.3 Å². The van der Waals surface area contributed by atoms with E-state index in [1.165, 1.54) is 11.0 Å². The third kappa shape index (κ3) is 4.41. The Bertz CT molecular complexity index is 1160. The van der Waals surface area contributed by atoms with Gasteiger partial charge in [0.2, 0.25) is 5.91 Å². The summed E-state index contributed by atoms with van der Waals surface area (Å²) in [5.41, 5.74) is 3.25. The van der Waals surface area contributed by atoms with Crippen LogP contribution in [0.25, 0.3) is 10.2 Å². The van der Waals surface area contributed by atoms with Crippen molar-refractivity contribution in [2.75, 3.05) is 0 Å². The number of aromatic nitrogens is 4. The summed E-state index contributed by atoms with van der Waals surface area (Å²) in [6.45, 7) is 1.21. The van der Waals surface area contributed by atoms with Crippen molar-refractivity contribution in [1.29, 1.82) is 0 Å². The molecule has 2 unspecified atom stereocenters. The van der Waals surface area contributed by atoms with E-state index in [9.17, 15) is 4.79 Å². The van der Waals surface area contributed by atoms with Crippen LogP contribution in [-0.4, -0.2) is 25.7 Å². The van der Waals surface area contributed by atoms with Gasteiger partial charge >= 0.3 is 0 Å². The second-order valence-electron chi connectivity index (χ2n) is 7.80. The first-order valence-electron chi connectivity index (χ1n) is 10.4. The molecule has 0 radical (unpaired) electrons. The summed E-state index contributed by atoms with van der Waals surface area (Å²) in [6, 6.07) is 16.4. The molecule has 2 atom stereocenters. The van der Waals surface area contributed by atoms with Crippen LogP contribution >= 0.6 is 11.3 Å². The normalized spacial score (nSPS) is 18.3. The van der Waals surface area contributed by atoms with Crippen LogP contribution in [-0.2, 0) is 17.9 Å². The highest BCUT2D eigenvalue weighted by Crippen LogP contribution is 2.38. The lowest BCUT2D eigenvalue weighted by Crippen LogP contribution is -2.34. The Kier molecular flexibility index (Phi) is 5.58. The molecule has 6 nitrogen and oxygen atoms in total. The average Bonchev–Trinajstić information content (AvgIpc) is 3.48. The van der Waals surface area contributed by atoms with E-state index in [0.29, 0.717) is 13.1 Å². The van der Waals surface area contributed by atoms with Crippen LogP contribution < -0.4 is 5.32 Å². The Balaban J connectivity index is 1.24. The number of hydrogen-bond acceptors (Lipinski definition) is 5. The van der Waals surface area contributed by atoms with Crippen molar-refractivity contribution in [2.45, 2.75) is 31.8 Å². The number of rotatable bonds is 6. The summed E-state index contributed by atoms with van der Waals surface area (Å²) in [5.74, 6) is 0.143. The van der Waals surface area contributed by atoms with Gasteiger partial charge in [0.05, 0.1) is 27.7 Å². The van der Waals surface area contributed by atoms with Gasteiger partial charge in [0.15, 0.2) is 0 Å². The molecule has 31 heavy (non-hydrogen) atoms. The lowest BCUT2D eigenvalue weighted by Gasteiger charge is -2.26. The van der Waals surface area contributed by atoms with Crippen molar-refractivity contribution in [3.63, 3.8) is 0 Å². The lowest BCUT2D eigenvalue weighted by molar-refractivity contribution is -0.125. The highest BCUT2D eigenvalue weighted by molar-refractivity contribution is 7.18. The first kappa shape index (κ1) is 19.6. The second-order valence-corrected chi connectivity index (χ2v) is 8.87. The van der Waals surface area contributed by atoms with Gasteiger partial charge in [-0.15, -0.1) is 11.3 Å². The SMILES string of the molecule is O=C(NCc1ccc(Cn2cncn2)cc1)C1CC=CCC1c1nc2ccccc2s1.